The molecule has 0 saturated carbocycles. The predicted molar refractivity (Wildman–Crippen MR) is 115 cm³/mol. The van der Waals surface area contributed by atoms with Crippen molar-refractivity contribution >= 4 is 29.5 Å². The molecule has 0 unspecified atom stereocenters. The highest BCUT2D eigenvalue weighted by atomic mass is 32.1. The zero-order valence-corrected chi connectivity index (χ0v) is 19.0. The van der Waals surface area contributed by atoms with E-state index in [9.17, 15) is 9.59 Å². The topological polar surface area (TPSA) is 103 Å². The van der Waals surface area contributed by atoms with Gasteiger partial charge in [0, 0.05) is 37.3 Å². The van der Waals surface area contributed by atoms with Gasteiger partial charge in [0.2, 0.25) is 0 Å². The van der Waals surface area contributed by atoms with Crippen LogP contribution < -0.4 is 10.2 Å². The first-order valence-electron chi connectivity index (χ1n) is 10.2. The first-order chi connectivity index (χ1) is 14.3. The maximum absolute atomic E-state index is 12.2. The average Bonchev–Trinajstić information content (AvgIpc) is 3.17. The molecule has 0 bridgehead atoms. The van der Waals surface area contributed by atoms with Gasteiger partial charge in [-0.25, -0.2) is 9.59 Å². The second-order valence-electron chi connectivity index (χ2n) is 7.95. The maximum Gasteiger partial charge on any atom is 0.331 e. The number of esters is 2. The summed E-state index contributed by atoms with van der Waals surface area (Å²) in [7, 11) is 0. The minimum atomic E-state index is -0.575. The molecule has 0 amide bonds. The number of anilines is 1. The second kappa shape index (κ2) is 12.0. The number of morpholine rings is 1. The monoisotopic (exact) mass is 440 g/mol. The summed E-state index contributed by atoms with van der Waals surface area (Å²) in [5, 5.41) is 3.37. The van der Waals surface area contributed by atoms with Crippen LogP contribution in [0.15, 0.2) is 12.2 Å². The number of carbonyl (C=O) groups is 2. The third-order valence-corrected chi connectivity index (χ3v) is 4.89. The van der Waals surface area contributed by atoms with Crippen LogP contribution in [0.2, 0.25) is 0 Å². The van der Waals surface area contributed by atoms with Gasteiger partial charge in [-0.15, -0.1) is 0 Å². The Kier molecular flexibility index (Phi) is 9.67. The van der Waals surface area contributed by atoms with E-state index in [0.29, 0.717) is 32.6 Å². The zero-order chi connectivity index (χ0) is 22.0. The quantitative estimate of drug-likeness (QED) is 0.430. The summed E-state index contributed by atoms with van der Waals surface area (Å²) in [5.41, 5.74) is 0.785. The number of carbonyl (C=O) groups excluding carboxylic acids is 2. The highest BCUT2D eigenvalue weighted by molar-refractivity contribution is 6.99. The van der Waals surface area contributed by atoms with Crippen LogP contribution in [-0.4, -0.2) is 71.8 Å². The van der Waals surface area contributed by atoms with Crippen LogP contribution in [0.3, 0.4) is 0 Å². The summed E-state index contributed by atoms with van der Waals surface area (Å²) in [5.74, 6) is -0.254. The third kappa shape index (κ3) is 8.76. The van der Waals surface area contributed by atoms with Crippen LogP contribution in [0.5, 0.6) is 0 Å². The third-order valence-electron chi connectivity index (χ3n) is 4.34. The molecule has 0 aliphatic carbocycles. The fraction of sp³-hybridized carbons (Fsp3) is 0.700. The highest BCUT2D eigenvalue weighted by Gasteiger charge is 2.22. The standard InChI is InChI=1S/C20H32N4O5S/c1-5-28-17(25)8-9-18(26)29-15(14-21-20(2,3)4)6-7-16-19(23-30-22-16)24-10-12-27-13-11-24/h8-9,15,21H,5-7,10-14H2,1-4H3/b9-8+/t15-/m1/s1. The number of aromatic nitrogens is 2. The minimum Gasteiger partial charge on any atom is -0.463 e. The Balaban J connectivity index is 1.97. The van der Waals surface area contributed by atoms with E-state index in [1.54, 1.807) is 6.92 Å². The first-order valence-corrected chi connectivity index (χ1v) is 11.0. The Morgan fingerprint density at radius 2 is 1.93 bits per heavy atom. The number of hydrogen-bond acceptors (Lipinski definition) is 10. The van der Waals surface area contributed by atoms with E-state index >= 15 is 0 Å². The predicted octanol–water partition coefficient (Wildman–Crippen LogP) is 1.73. The summed E-state index contributed by atoms with van der Waals surface area (Å²) in [6.45, 7) is 11.5. The number of ether oxygens (including phenoxy) is 3. The largest absolute Gasteiger partial charge is 0.463 e. The minimum absolute atomic E-state index is 0.118. The van der Waals surface area contributed by atoms with Crippen molar-refractivity contribution in [3.8, 4) is 0 Å². The summed E-state index contributed by atoms with van der Waals surface area (Å²) in [4.78, 5) is 25.8. The van der Waals surface area contributed by atoms with E-state index in [0.717, 1.165) is 36.8 Å². The van der Waals surface area contributed by atoms with Crippen molar-refractivity contribution in [3.63, 3.8) is 0 Å². The van der Waals surface area contributed by atoms with Crippen molar-refractivity contribution in [1.29, 1.82) is 0 Å². The van der Waals surface area contributed by atoms with Crippen molar-refractivity contribution < 1.29 is 23.8 Å². The number of hydrogen-bond donors (Lipinski definition) is 1. The van der Waals surface area contributed by atoms with Crippen molar-refractivity contribution in [2.24, 2.45) is 0 Å². The molecular weight excluding hydrogens is 408 g/mol. The highest BCUT2D eigenvalue weighted by Crippen LogP contribution is 2.21. The Bertz CT molecular complexity index is 710. The summed E-state index contributed by atoms with van der Waals surface area (Å²) in [6.07, 6.45) is 3.04. The van der Waals surface area contributed by atoms with Crippen molar-refractivity contribution in [2.45, 2.75) is 52.2 Å². The van der Waals surface area contributed by atoms with E-state index in [1.165, 1.54) is 11.7 Å². The van der Waals surface area contributed by atoms with Gasteiger partial charge in [0.05, 0.1) is 37.2 Å². The molecule has 2 heterocycles. The fourth-order valence-electron chi connectivity index (χ4n) is 2.83. The van der Waals surface area contributed by atoms with Gasteiger partial charge in [-0.2, -0.15) is 8.75 Å². The smallest absolute Gasteiger partial charge is 0.331 e. The molecule has 1 saturated heterocycles. The zero-order valence-electron chi connectivity index (χ0n) is 18.2. The Labute approximate surface area is 182 Å². The van der Waals surface area contributed by atoms with Crippen molar-refractivity contribution in [3.05, 3.63) is 17.8 Å². The van der Waals surface area contributed by atoms with E-state index in [4.69, 9.17) is 14.2 Å². The molecule has 9 nitrogen and oxygen atoms in total. The molecule has 0 aromatic carbocycles. The normalized spacial score (nSPS) is 15.9. The molecule has 0 radical (unpaired) electrons. The van der Waals surface area contributed by atoms with E-state index in [2.05, 4.69) is 19.0 Å². The first kappa shape index (κ1) is 24.2. The molecule has 1 aliphatic rings. The Morgan fingerprint density at radius 3 is 2.60 bits per heavy atom. The molecule has 0 spiro atoms. The molecular formula is C20H32N4O5S. The van der Waals surface area contributed by atoms with Gasteiger partial charge in [0.1, 0.15) is 6.10 Å². The molecule has 168 valence electrons. The van der Waals surface area contributed by atoms with E-state index < -0.39 is 11.9 Å². The van der Waals surface area contributed by atoms with Crippen LogP contribution in [0, 0.1) is 0 Å². The van der Waals surface area contributed by atoms with Crippen LogP contribution in [0.4, 0.5) is 5.82 Å². The number of aryl methyl sites for hydroxylation is 1. The van der Waals surface area contributed by atoms with Gasteiger partial charge >= 0.3 is 11.9 Å². The molecule has 1 aromatic heterocycles. The molecule has 1 fully saturated rings. The summed E-state index contributed by atoms with van der Waals surface area (Å²) in [6, 6.07) is 0. The SMILES string of the molecule is CCOC(=O)/C=C/C(=O)O[C@H](CCc1nsnc1N1CCOCC1)CNC(C)(C)C. The van der Waals surface area contributed by atoms with Crippen molar-refractivity contribution in [1.82, 2.24) is 14.1 Å². The van der Waals surface area contributed by atoms with E-state index in [-0.39, 0.29) is 18.2 Å². The van der Waals surface area contributed by atoms with Crippen LogP contribution in [0.25, 0.3) is 0 Å². The van der Waals surface area contributed by atoms with Gasteiger partial charge in [-0.1, -0.05) is 0 Å². The fourth-order valence-corrected chi connectivity index (χ4v) is 3.44. The number of nitrogens with one attached hydrogen (secondary N) is 1. The second-order valence-corrected chi connectivity index (χ2v) is 8.48. The molecule has 1 atom stereocenters. The summed E-state index contributed by atoms with van der Waals surface area (Å²) >= 11 is 1.19. The maximum atomic E-state index is 12.2. The molecule has 1 aliphatic heterocycles. The average molecular weight is 441 g/mol. The molecule has 10 heteroatoms. The van der Waals surface area contributed by atoms with Gasteiger partial charge in [-0.3, -0.25) is 0 Å². The molecule has 1 N–H and O–H groups in total. The van der Waals surface area contributed by atoms with Crippen LogP contribution >= 0.6 is 11.7 Å². The summed E-state index contributed by atoms with van der Waals surface area (Å²) < 4.78 is 24.7. The van der Waals surface area contributed by atoms with Crippen LogP contribution in [0.1, 0.15) is 39.8 Å². The lowest BCUT2D eigenvalue weighted by Crippen LogP contribution is -2.42. The molecule has 2 rings (SSSR count). The Morgan fingerprint density at radius 1 is 1.23 bits per heavy atom. The lowest BCUT2D eigenvalue weighted by atomic mass is 10.1. The van der Waals surface area contributed by atoms with E-state index in [1.807, 2.05) is 20.8 Å². The lowest BCUT2D eigenvalue weighted by molar-refractivity contribution is -0.144. The lowest BCUT2D eigenvalue weighted by Gasteiger charge is -2.27. The van der Waals surface area contributed by atoms with Gasteiger partial charge < -0.3 is 24.4 Å². The number of rotatable bonds is 10. The van der Waals surface area contributed by atoms with Crippen molar-refractivity contribution in [2.75, 3.05) is 44.4 Å². The molecule has 1 aromatic rings. The Hall–Kier alpha value is -2.04. The van der Waals surface area contributed by atoms with Gasteiger partial charge in [-0.05, 0) is 40.5 Å². The van der Waals surface area contributed by atoms with Crippen LogP contribution in [-0.2, 0) is 30.2 Å². The van der Waals surface area contributed by atoms with Gasteiger partial charge in [0.25, 0.3) is 0 Å². The molecule has 30 heavy (non-hydrogen) atoms. The van der Waals surface area contributed by atoms with Gasteiger partial charge in [0.15, 0.2) is 5.82 Å². The number of nitrogens with zero attached hydrogens (tertiary/aromatic N) is 3.